The lowest BCUT2D eigenvalue weighted by Crippen LogP contribution is -2.20. The minimum Gasteiger partial charge on any atom is -0.370 e. The van der Waals surface area contributed by atoms with Crippen LogP contribution in [-0.2, 0) is 11.8 Å². The molecule has 0 spiro atoms. The van der Waals surface area contributed by atoms with Crippen molar-refractivity contribution >= 4 is 0 Å². The number of aromatic nitrogens is 2. The zero-order valence-corrected chi connectivity index (χ0v) is 7.81. The van der Waals surface area contributed by atoms with Crippen LogP contribution in [0.25, 0.3) is 0 Å². The maximum Gasteiger partial charge on any atom is 0.137 e. The topological polar surface area (TPSA) is 53.1 Å². The maximum absolute atomic E-state index is 5.66. The molecule has 2 atom stereocenters. The summed E-state index contributed by atoms with van der Waals surface area (Å²) in [5, 5.41) is 0. The first-order chi connectivity index (χ1) is 6.33. The molecule has 2 rings (SSSR count). The standard InChI is InChI=1S/C9H15N3O/c1-12-4-3-11-9(12)8-7(6-10)2-5-13-8/h3-4,7-8H,2,5-6,10H2,1H3/t7-,8+/m0/s1. The second-order valence-electron chi connectivity index (χ2n) is 3.47. The van der Waals surface area contributed by atoms with Gasteiger partial charge in [-0.15, -0.1) is 0 Å². The molecule has 0 bridgehead atoms. The number of imidazole rings is 1. The van der Waals surface area contributed by atoms with E-state index in [9.17, 15) is 0 Å². The van der Waals surface area contributed by atoms with Crippen molar-refractivity contribution in [2.75, 3.05) is 13.2 Å². The molecule has 72 valence electrons. The third-order valence-electron chi connectivity index (χ3n) is 2.63. The number of nitrogens with zero attached hydrogens (tertiary/aromatic N) is 2. The molecule has 1 aliphatic heterocycles. The van der Waals surface area contributed by atoms with E-state index in [0.29, 0.717) is 12.5 Å². The van der Waals surface area contributed by atoms with Crippen LogP contribution in [0.3, 0.4) is 0 Å². The lowest BCUT2D eigenvalue weighted by atomic mass is 10.0. The highest BCUT2D eigenvalue weighted by Crippen LogP contribution is 2.32. The minimum atomic E-state index is 0.102. The fraction of sp³-hybridized carbons (Fsp3) is 0.667. The van der Waals surface area contributed by atoms with E-state index >= 15 is 0 Å². The molecule has 0 unspecified atom stereocenters. The van der Waals surface area contributed by atoms with Crippen LogP contribution in [0.4, 0.5) is 0 Å². The first-order valence-corrected chi connectivity index (χ1v) is 4.62. The monoisotopic (exact) mass is 181 g/mol. The van der Waals surface area contributed by atoms with Crippen LogP contribution in [-0.4, -0.2) is 22.7 Å². The molecule has 0 aliphatic carbocycles. The van der Waals surface area contributed by atoms with Gasteiger partial charge < -0.3 is 15.0 Å². The summed E-state index contributed by atoms with van der Waals surface area (Å²) in [6.07, 6.45) is 4.88. The van der Waals surface area contributed by atoms with Crippen LogP contribution < -0.4 is 5.73 Å². The van der Waals surface area contributed by atoms with Crippen molar-refractivity contribution in [1.29, 1.82) is 0 Å². The average molecular weight is 181 g/mol. The van der Waals surface area contributed by atoms with Gasteiger partial charge in [0.25, 0.3) is 0 Å². The van der Waals surface area contributed by atoms with Gasteiger partial charge in [-0.25, -0.2) is 4.98 Å². The molecule has 13 heavy (non-hydrogen) atoms. The smallest absolute Gasteiger partial charge is 0.137 e. The summed E-state index contributed by atoms with van der Waals surface area (Å²) in [6, 6.07) is 0. The summed E-state index contributed by atoms with van der Waals surface area (Å²) in [7, 11) is 1.98. The fourth-order valence-electron chi connectivity index (χ4n) is 1.81. The Morgan fingerprint density at radius 2 is 2.62 bits per heavy atom. The summed E-state index contributed by atoms with van der Waals surface area (Å²) >= 11 is 0. The van der Waals surface area contributed by atoms with Gasteiger partial charge in [0.2, 0.25) is 0 Å². The van der Waals surface area contributed by atoms with Crippen LogP contribution in [0, 0.1) is 5.92 Å². The van der Waals surface area contributed by atoms with Crippen molar-refractivity contribution in [2.45, 2.75) is 12.5 Å². The SMILES string of the molecule is Cn1ccnc1[C@@H]1OCC[C@H]1CN. The highest BCUT2D eigenvalue weighted by atomic mass is 16.5. The zero-order valence-electron chi connectivity index (χ0n) is 7.81. The number of ether oxygens (including phenoxy) is 1. The molecule has 2 heterocycles. The molecule has 0 saturated carbocycles. The van der Waals surface area contributed by atoms with Gasteiger partial charge in [-0.3, -0.25) is 0 Å². The van der Waals surface area contributed by atoms with Crippen LogP contribution in [0.5, 0.6) is 0 Å². The summed E-state index contributed by atoms with van der Waals surface area (Å²) < 4.78 is 7.62. The Bertz CT molecular complexity index is 284. The van der Waals surface area contributed by atoms with E-state index < -0.39 is 0 Å². The lowest BCUT2D eigenvalue weighted by molar-refractivity contribution is 0.0831. The Morgan fingerprint density at radius 3 is 3.23 bits per heavy atom. The molecule has 1 aliphatic rings. The van der Waals surface area contributed by atoms with Gasteiger partial charge >= 0.3 is 0 Å². The molecule has 4 nitrogen and oxygen atoms in total. The Kier molecular flexibility index (Phi) is 2.33. The van der Waals surface area contributed by atoms with E-state index in [1.807, 2.05) is 17.8 Å². The van der Waals surface area contributed by atoms with E-state index in [1.54, 1.807) is 6.20 Å². The van der Waals surface area contributed by atoms with E-state index in [-0.39, 0.29) is 6.10 Å². The third-order valence-corrected chi connectivity index (χ3v) is 2.63. The number of hydrogen-bond donors (Lipinski definition) is 1. The summed E-state index contributed by atoms with van der Waals surface area (Å²) in [5.41, 5.74) is 5.66. The molecule has 1 fully saturated rings. The maximum atomic E-state index is 5.66. The molecule has 2 N–H and O–H groups in total. The molecule has 1 saturated heterocycles. The largest absolute Gasteiger partial charge is 0.370 e. The molecular formula is C9H15N3O. The van der Waals surface area contributed by atoms with Crippen LogP contribution in [0.15, 0.2) is 12.4 Å². The highest BCUT2D eigenvalue weighted by molar-refractivity contribution is 5.00. The average Bonchev–Trinajstić information content (AvgIpc) is 2.71. The summed E-state index contributed by atoms with van der Waals surface area (Å²) in [4.78, 5) is 4.28. The summed E-state index contributed by atoms with van der Waals surface area (Å²) in [5.74, 6) is 1.43. The fourth-order valence-corrected chi connectivity index (χ4v) is 1.81. The molecule has 4 heteroatoms. The molecule has 0 radical (unpaired) electrons. The van der Waals surface area contributed by atoms with Gasteiger partial charge in [-0.05, 0) is 13.0 Å². The quantitative estimate of drug-likeness (QED) is 0.721. The van der Waals surface area contributed by atoms with Gasteiger partial charge in [0.1, 0.15) is 11.9 Å². The van der Waals surface area contributed by atoms with E-state index in [0.717, 1.165) is 18.9 Å². The first-order valence-electron chi connectivity index (χ1n) is 4.62. The van der Waals surface area contributed by atoms with Crippen molar-refractivity contribution in [3.05, 3.63) is 18.2 Å². The lowest BCUT2D eigenvalue weighted by Gasteiger charge is -2.15. The molecule has 0 aromatic carbocycles. The van der Waals surface area contributed by atoms with E-state index in [1.165, 1.54) is 0 Å². The zero-order chi connectivity index (χ0) is 9.26. The predicted octanol–water partition coefficient (Wildman–Crippen LogP) is 0.456. The van der Waals surface area contributed by atoms with Crippen molar-refractivity contribution in [1.82, 2.24) is 9.55 Å². The second kappa shape index (κ2) is 3.47. The van der Waals surface area contributed by atoms with Crippen molar-refractivity contribution < 1.29 is 4.74 Å². The van der Waals surface area contributed by atoms with Gasteiger partial charge in [0.05, 0.1) is 0 Å². The Hall–Kier alpha value is -0.870. The Morgan fingerprint density at radius 1 is 1.77 bits per heavy atom. The number of nitrogens with two attached hydrogens (primary N) is 1. The van der Waals surface area contributed by atoms with Gasteiger partial charge in [-0.1, -0.05) is 0 Å². The Labute approximate surface area is 77.7 Å². The van der Waals surface area contributed by atoms with Crippen LogP contribution in [0.1, 0.15) is 18.3 Å². The molecule has 1 aromatic heterocycles. The van der Waals surface area contributed by atoms with Gasteiger partial charge in [0, 0.05) is 32.0 Å². The van der Waals surface area contributed by atoms with Gasteiger partial charge in [0.15, 0.2) is 0 Å². The highest BCUT2D eigenvalue weighted by Gasteiger charge is 2.30. The Balaban J connectivity index is 2.20. The van der Waals surface area contributed by atoms with Crippen molar-refractivity contribution in [3.8, 4) is 0 Å². The molecule has 0 amide bonds. The van der Waals surface area contributed by atoms with Crippen molar-refractivity contribution in [3.63, 3.8) is 0 Å². The third kappa shape index (κ3) is 1.47. The van der Waals surface area contributed by atoms with E-state index in [4.69, 9.17) is 10.5 Å². The van der Waals surface area contributed by atoms with E-state index in [2.05, 4.69) is 4.98 Å². The number of hydrogen-bond acceptors (Lipinski definition) is 3. The second-order valence-corrected chi connectivity index (χ2v) is 3.47. The number of rotatable bonds is 2. The molecular weight excluding hydrogens is 166 g/mol. The van der Waals surface area contributed by atoms with Crippen LogP contribution >= 0.6 is 0 Å². The molecule has 1 aromatic rings. The summed E-state index contributed by atoms with van der Waals surface area (Å²) in [6.45, 7) is 1.48. The number of aryl methyl sites for hydroxylation is 1. The predicted molar refractivity (Wildman–Crippen MR) is 49.1 cm³/mol. The first kappa shape index (κ1) is 8.72. The minimum absolute atomic E-state index is 0.102. The van der Waals surface area contributed by atoms with Crippen LogP contribution in [0.2, 0.25) is 0 Å². The normalized spacial score (nSPS) is 28.2. The van der Waals surface area contributed by atoms with Gasteiger partial charge in [-0.2, -0.15) is 0 Å². The van der Waals surface area contributed by atoms with Crippen molar-refractivity contribution in [2.24, 2.45) is 18.7 Å².